The first-order valence-corrected chi connectivity index (χ1v) is 8.39. The Morgan fingerprint density at radius 3 is 2.29 bits per heavy atom. The molecule has 0 radical (unpaired) electrons. The molecule has 5 heteroatoms. The summed E-state index contributed by atoms with van der Waals surface area (Å²) in [5, 5.41) is 0. The maximum absolute atomic E-state index is 11.5. The van der Waals surface area contributed by atoms with Crippen molar-refractivity contribution in [2.24, 2.45) is 11.7 Å². The van der Waals surface area contributed by atoms with Crippen molar-refractivity contribution in [3.8, 4) is 0 Å². The van der Waals surface area contributed by atoms with E-state index in [0.29, 0.717) is 30.0 Å². The quantitative estimate of drug-likeness (QED) is 0.771. The Kier molecular flexibility index (Phi) is 5.41. The van der Waals surface area contributed by atoms with Gasteiger partial charge in [-0.3, -0.25) is 4.90 Å². The molecule has 102 valence electrons. The molecule has 0 aromatic heterocycles. The van der Waals surface area contributed by atoms with Gasteiger partial charge in [-0.2, -0.15) is 0 Å². The van der Waals surface area contributed by atoms with E-state index in [0.717, 1.165) is 19.3 Å². The predicted octanol–water partition coefficient (Wildman–Crippen LogP) is 0.869. The number of rotatable bonds is 6. The van der Waals surface area contributed by atoms with Gasteiger partial charge >= 0.3 is 0 Å². The first-order chi connectivity index (χ1) is 7.95. The first kappa shape index (κ1) is 14.9. The van der Waals surface area contributed by atoms with Crippen molar-refractivity contribution in [1.82, 2.24) is 4.90 Å². The molecule has 2 unspecified atom stereocenters. The highest BCUT2D eigenvalue weighted by Gasteiger charge is 2.34. The lowest BCUT2D eigenvalue weighted by Crippen LogP contribution is -2.48. The second-order valence-corrected chi connectivity index (χ2v) is 7.33. The van der Waals surface area contributed by atoms with E-state index in [-0.39, 0.29) is 6.04 Å². The zero-order valence-corrected chi connectivity index (χ0v) is 12.0. The summed E-state index contributed by atoms with van der Waals surface area (Å²) in [5.41, 5.74) is 5.87. The molecule has 17 heavy (non-hydrogen) atoms. The van der Waals surface area contributed by atoms with Crippen molar-refractivity contribution in [3.63, 3.8) is 0 Å². The SMILES string of the molecule is CCC(CC)C(CN)N(C)C1CCS(=O)(=O)C1. The Balaban J connectivity index is 2.70. The minimum absolute atomic E-state index is 0.161. The normalized spacial score (nSPS) is 25.6. The lowest BCUT2D eigenvalue weighted by molar-refractivity contribution is 0.133. The third-order valence-corrected chi connectivity index (χ3v) is 5.89. The standard InChI is InChI=1S/C12H26N2O2S/c1-4-10(5-2)12(8-13)14(3)11-6-7-17(15,16)9-11/h10-12H,4-9,13H2,1-3H3. The highest BCUT2D eigenvalue weighted by molar-refractivity contribution is 7.91. The van der Waals surface area contributed by atoms with Crippen LogP contribution in [0.4, 0.5) is 0 Å². The van der Waals surface area contributed by atoms with E-state index in [2.05, 4.69) is 18.7 Å². The maximum atomic E-state index is 11.5. The average Bonchev–Trinajstić information content (AvgIpc) is 2.65. The molecule has 4 nitrogen and oxygen atoms in total. The summed E-state index contributed by atoms with van der Waals surface area (Å²) in [4.78, 5) is 2.21. The molecule has 1 aliphatic rings. The van der Waals surface area contributed by atoms with Crippen LogP contribution in [0.3, 0.4) is 0 Å². The molecule has 2 N–H and O–H groups in total. The molecule has 1 fully saturated rings. The Morgan fingerprint density at radius 1 is 1.35 bits per heavy atom. The Labute approximate surface area is 105 Å². The summed E-state index contributed by atoms with van der Waals surface area (Å²) in [6.45, 7) is 4.96. The van der Waals surface area contributed by atoms with Gasteiger partial charge in [0.2, 0.25) is 0 Å². The monoisotopic (exact) mass is 262 g/mol. The molecule has 1 aliphatic heterocycles. The summed E-state index contributed by atoms with van der Waals surface area (Å²) in [6.07, 6.45) is 2.96. The van der Waals surface area contributed by atoms with Crippen LogP contribution < -0.4 is 5.73 Å². The smallest absolute Gasteiger partial charge is 0.151 e. The van der Waals surface area contributed by atoms with Crippen LogP contribution >= 0.6 is 0 Å². The van der Waals surface area contributed by atoms with Crippen molar-refractivity contribution in [3.05, 3.63) is 0 Å². The van der Waals surface area contributed by atoms with E-state index >= 15 is 0 Å². The van der Waals surface area contributed by atoms with Gasteiger partial charge in [0, 0.05) is 18.6 Å². The largest absolute Gasteiger partial charge is 0.329 e. The zero-order chi connectivity index (χ0) is 13.1. The molecule has 0 aromatic rings. The van der Waals surface area contributed by atoms with Crippen LogP contribution in [0.2, 0.25) is 0 Å². The Morgan fingerprint density at radius 2 is 1.94 bits per heavy atom. The van der Waals surface area contributed by atoms with Gasteiger partial charge < -0.3 is 5.73 Å². The molecule has 1 saturated heterocycles. The van der Waals surface area contributed by atoms with Crippen molar-refractivity contribution < 1.29 is 8.42 Å². The third-order valence-electron chi connectivity index (χ3n) is 4.14. The van der Waals surface area contributed by atoms with Crippen LogP contribution in [-0.4, -0.2) is 50.5 Å². The summed E-state index contributed by atoms with van der Waals surface area (Å²) in [5.74, 6) is 1.20. The van der Waals surface area contributed by atoms with Gasteiger partial charge in [0.25, 0.3) is 0 Å². The second-order valence-electron chi connectivity index (χ2n) is 5.10. The van der Waals surface area contributed by atoms with E-state index in [1.807, 2.05) is 7.05 Å². The summed E-state index contributed by atoms with van der Waals surface area (Å²) in [7, 11) is -0.775. The zero-order valence-electron chi connectivity index (χ0n) is 11.2. The molecule has 0 saturated carbocycles. The van der Waals surface area contributed by atoms with Gasteiger partial charge in [-0.05, 0) is 19.4 Å². The molecule has 1 heterocycles. The van der Waals surface area contributed by atoms with Crippen molar-refractivity contribution in [1.29, 1.82) is 0 Å². The molecular formula is C12H26N2O2S. The van der Waals surface area contributed by atoms with Gasteiger partial charge in [0.15, 0.2) is 9.84 Å². The third kappa shape index (κ3) is 3.66. The summed E-state index contributed by atoms with van der Waals surface area (Å²) in [6, 6.07) is 0.470. The van der Waals surface area contributed by atoms with Crippen LogP contribution in [0, 0.1) is 5.92 Å². The molecule has 0 spiro atoms. The topological polar surface area (TPSA) is 63.4 Å². The fraction of sp³-hybridized carbons (Fsp3) is 1.00. The summed E-state index contributed by atoms with van der Waals surface area (Å²) < 4.78 is 23.0. The Hall–Kier alpha value is -0.130. The van der Waals surface area contributed by atoms with Gasteiger partial charge in [0.05, 0.1) is 11.5 Å². The van der Waals surface area contributed by atoms with Crippen LogP contribution in [0.5, 0.6) is 0 Å². The first-order valence-electron chi connectivity index (χ1n) is 6.57. The molecule has 0 aromatic carbocycles. The van der Waals surface area contributed by atoms with Crippen molar-refractivity contribution in [2.45, 2.75) is 45.2 Å². The lowest BCUT2D eigenvalue weighted by atomic mass is 9.92. The highest BCUT2D eigenvalue weighted by Crippen LogP contribution is 2.24. The minimum Gasteiger partial charge on any atom is -0.329 e. The van der Waals surface area contributed by atoms with Gasteiger partial charge in [-0.15, -0.1) is 0 Å². The van der Waals surface area contributed by atoms with Crippen LogP contribution in [0.25, 0.3) is 0 Å². The lowest BCUT2D eigenvalue weighted by Gasteiger charge is -2.36. The second kappa shape index (κ2) is 6.16. The molecule has 0 bridgehead atoms. The van der Waals surface area contributed by atoms with E-state index < -0.39 is 9.84 Å². The number of hydrogen-bond donors (Lipinski definition) is 1. The molecule has 0 aliphatic carbocycles. The van der Waals surface area contributed by atoms with Gasteiger partial charge in [-0.1, -0.05) is 26.7 Å². The van der Waals surface area contributed by atoms with Gasteiger partial charge in [-0.25, -0.2) is 8.42 Å². The van der Waals surface area contributed by atoms with E-state index in [9.17, 15) is 8.42 Å². The number of hydrogen-bond acceptors (Lipinski definition) is 4. The van der Waals surface area contributed by atoms with Crippen molar-refractivity contribution in [2.75, 3.05) is 25.1 Å². The molecule has 0 amide bonds. The number of sulfone groups is 1. The molecule has 1 rings (SSSR count). The van der Waals surface area contributed by atoms with Crippen LogP contribution in [0.1, 0.15) is 33.1 Å². The Bertz CT molecular complexity index is 325. The fourth-order valence-corrected chi connectivity index (χ4v) is 4.68. The number of nitrogens with two attached hydrogens (primary N) is 1. The predicted molar refractivity (Wildman–Crippen MR) is 71.7 cm³/mol. The van der Waals surface area contributed by atoms with Crippen molar-refractivity contribution >= 4 is 9.84 Å². The van der Waals surface area contributed by atoms with E-state index in [4.69, 9.17) is 5.73 Å². The van der Waals surface area contributed by atoms with E-state index in [1.165, 1.54) is 0 Å². The molecular weight excluding hydrogens is 236 g/mol. The van der Waals surface area contributed by atoms with Crippen LogP contribution in [0.15, 0.2) is 0 Å². The fourth-order valence-electron chi connectivity index (χ4n) is 2.89. The number of nitrogens with zero attached hydrogens (tertiary/aromatic N) is 1. The van der Waals surface area contributed by atoms with E-state index in [1.54, 1.807) is 0 Å². The number of likely N-dealkylation sites (N-methyl/N-ethyl adjacent to an activating group) is 1. The molecule has 2 atom stereocenters. The average molecular weight is 262 g/mol. The maximum Gasteiger partial charge on any atom is 0.151 e. The minimum atomic E-state index is -2.80. The van der Waals surface area contributed by atoms with Gasteiger partial charge in [0.1, 0.15) is 0 Å². The highest BCUT2D eigenvalue weighted by atomic mass is 32.2. The van der Waals surface area contributed by atoms with Crippen LogP contribution in [-0.2, 0) is 9.84 Å². The summed E-state index contributed by atoms with van der Waals surface area (Å²) >= 11 is 0.